The second kappa shape index (κ2) is 4.85. The molecule has 2 bridgehead atoms. The molecule has 3 aliphatic rings. The minimum absolute atomic E-state index is 0.372. The molecule has 21 heavy (non-hydrogen) atoms. The zero-order valence-corrected chi connectivity index (χ0v) is 12.5. The minimum Gasteiger partial charge on any atom is -0.481 e. The number of fused-ring (bicyclic) bond motifs is 2. The van der Waals surface area contributed by atoms with Gasteiger partial charge >= 0.3 is 5.97 Å². The van der Waals surface area contributed by atoms with Crippen LogP contribution in [0.2, 0.25) is 0 Å². The van der Waals surface area contributed by atoms with E-state index in [0.29, 0.717) is 24.3 Å². The molecule has 0 aromatic carbocycles. The SMILES string of the molecule is O=C(O)C1(Cc2ccn(C3CCCC3)n2)CC2CCC1C2. The van der Waals surface area contributed by atoms with E-state index in [4.69, 9.17) is 5.10 Å². The van der Waals surface area contributed by atoms with Gasteiger partial charge in [-0.1, -0.05) is 19.3 Å². The van der Waals surface area contributed by atoms with Gasteiger partial charge in [-0.3, -0.25) is 9.48 Å². The van der Waals surface area contributed by atoms with Gasteiger partial charge in [0.2, 0.25) is 0 Å². The molecule has 3 aliphatic carbocycles. The predicted octanol–water partition coefficient (Wildman–Crippen LogP) is 3.43. The van der Waals surface area contributed by atoms with Crippen molar-refractivity contribution < 1.29 is 9.90 Å². The van der Waals surface area contributed by atoms with E-state index >= 15 is 0 Å². The average molecular weight is 288 g/mol. The number of carboxylic acids is 1. The molecule has 0 radical (unpaired) electrons. The largest absolute Gasteiger partial charge is 0.481 e. The Bertz CT molecular complexity index is 547. The van der Waals surface area contributed by atoms with Crippen molar-refractivity contribution in [1.82, 2.24) is 9.78 Å². The highest BCUT2D eigenvalue weighted by Crippen LogP contribution is 2.57. The maximum absolute atomic E-state index is 11.9. The van der Waals surface area contributed by atoms with Crippen LogP contribution >= 0.6 is 0 Å². The topological polar surface area (TPSA) is 55.1 Å². The molecule has 1 heterocycles. The second-order valence-corrected chi connectivity index (χ2v) is 7.44. The quantitative estimate of drug-likeness (QED) is 0.923. The van der Waals surface area contributed by atoms with Crippen LogP contribution in [0.25, 0.3) is 0 Å². The number of nitrogens with zero attached hydrogens (tertiary/aromatic N) is 2. The van der Waals surface area contributed by atoms with Crippen LogP contribution in [0.3, 0.4) is 0 Å². The first kappa shape index (κ1) is 13.4. The Morgan fingerprint density at radius 1 is 1.33 bits per heavy atom. The molecule has 3 atom stereocenters. The molecule has 0 aliphatic heterocycles. The van der Waals surface area contributed by atoms with Crippen molar-refractivity contribution in [2.75, 3.05) is 0 Å². The number of hydrogen-bond donors (Lipinski definition) is 1. The maximum Gasteiger partial charge on any atom is 0.310 e. The summed E-state index contributed by atoms with van der Waals surface area (Å²) in [5.41, 5.74) is 0.453. The average Bonchev–Trinajstić information content (AvgIpc) is 3.23. The van der Waals surface area contributed by atoms with Crippen LogP contribution in [0.4, 0.5) is 0 Å². The van der Waals surface area contributed by atoms with Crippen LogP contribution < -0.4 is 0 Å². The van der Waals surface area contributed by atoms with Crippen molar-refractivity contribution in [3.63, 3.8) is 0 Å². The van der Waals surface area contributed by atoms with Gasteiger partial charge in [0, 0.05) is 12.6 Å². The fourth-order valence-corrected chi connectivity index (χ4v) is 5.17. The van der Waals surface area contributed by atoms with Gasteiger partial charge in [0.1, 0.15) is 0 Å². The molecule has 0 spiro atoms. The van der Waals surface area contributed by atoms with Gasteiger partial charge in [0.05, 0.1) is 17.2 Å². The van der Waals surface area contributed by atoms with Crippen LogP contribution in [0.15, 0.2) is 12.3 Å². The molecule has 4 heteroatoms. The van der Waals surface area contributed by atoms with Crippen molar-refractivity contribution in [3.05, 3.63) is 18.0 Å². The Labute approximate surface area is 125 Å². The summed E-state index contributed by atoms with van der Waals surface area (Å²) in [6.07, 6.45) is 12.0. The van der Waals surface area contributed by atoms with E-state index < -0.39 is 11.4 Å². The van der Waals surface area contributed by atoms with Crippen LogP contribution in [0.5, 0.6) is 0 Å². The number of aliphatic carboxylic acids is 1. The monoisotopic (exact) mass is 288 g/mol. The lowest BCUT2D eigenvalue weighted by molar-refractivity contribution is -0.152. The first-order valence-electron chi connectivity index (χ1n) is 8.45. The lowest BCUT2D eigenvalue weighted by Gasteiger charge is -2.33. The molecule has 3 saturated carbocycles. The minimum atomic E-state index is -0.592. The zero-order chi connectivity index (χ0) is 14.4. The summed E-state index contributed by atoms with van der Waals surface area (Å²) in [6, 6.07) is 2.59. The van der Waals surface area contributed by atoms with Crippen LogP contribution in [0, 0.1) is 17.3 Å². The molecule has 1 aromatic rings. The van der Waals surface area contributed by atoms with Crippen LogP contribution in [-0.2, 0) is 11.2 Å². The van der Waals surface area contributed by atoms with Gasteiger partial charge in [-0.2, -0.15) is 5.10 Å². The Hall–Kier alpha value is -1.32. The summed E-state index contributed by atoms with van der Waals surface area (Å²) in [5, 5.41) is 14.6. The number of carbonyl (C=O) groups is 1. The third-order valence-electron chi connectivity index (χ3n) is 6.26. The highest BCUT2D eigenvalue weighted by Gasteiger charge is 2.55. The van der Waals surface area contributed by atoms with Gasteiger partial charge in [0.15, 0.2) is 0 Å². The molecule has 3 fully saturated rings. The molecule has 1 N–H and O–H groups in total. The third kappa shape index (κ3) is 2.11. The summed E-state index contributed by atoms with van der Waals surface area (Å²) in [6.45, 7) is 0. The van der Waals surface area contributed by atoms with Crippen molar-refractivity contribution in [2.24, 2.45) is 17.3 Å². The fraction of sp³-hybridized carbons (Fsp3) is 0.765. The Kier molecular flexibility index (Phi) is 3.09. The number of aromatic nitrogens is 2. The molecule has 114 valence electrons. The van der Waals surface area contributed by atoms with E-state index in [1.807, 2.05) is 0 Å². The number of hydrogen-bond acceptors (Lipinski definition) is 2. The van der Waals surface area contributed by atoms with Gasteiger partial charge in [-0.05, 0) is 50.0 Å². The molecular weight excluding hydrogens is 264 g/mol. The number of rotatable bonds is 4. The van der Waals surface area contributed by atoms with Crippen molar-refractivity contribution >= 4 is 5.97 Å². The molecule has 3 unspecified atom stereocenters. The predicted molar refractivity (Wildman–Crippen MR) is 79.0 cm³/mol. The van der Waals surface area contributed by atoms with Gasteiger partial charge < -0.3 is 5.11 Å². The highest BCUT2D eigenvalue weighted by molar-refractivity contribution is 5.76. The second-order valence-electron chi connectivity index (χ2n) is 7.44. The van der Waals surface area contributed by atoms with Crippen molar-refractivity contribution in [3.8, 4) is 0 Å². The van der Waals surface area contributed by atoms with Crippen LogP contribution in [0.1, 0.15) is 63.1 Å². The fourth-order valence-electron chi connectivity index (χ4n) is 5.17. The summed E-state index contributed by atoms with van der Waals surface area (Å²) in [5.74, 6) is 0.421. The van der Waals surface area contributed by atoms with Crippen LogP contribution in [-0.4, -0.2) is 20.9 Å². The van der Waals surface area contributed by atoms with E-state index in [0.717, 1.165) is 25.0 Å². The molecular formula is C17H24N2O2. The zero-order valence-electron chi connectivity index (χ0n) is 12.5. The molecule has 0 amide bonds. The summed E-state index contributed by atoms with van der Waals surface area (Å²) in [4.78, 5) is 11.9. The van der Waals surface area contributed by atoms with E-state index in [1.54, 1.807) is 0 Å². The lowest BCUT2D eigenvalue weighted by Crippen LogP contribution is -2.38. The van der Waals surface area contributed by atoms with E-state index in [9.17, 15) is 9.90 Å². The molecule has 0 saturated heterocycles. The normalized spacial score (nSPS) is 35.6. The van der Waals surface area contributed by atoms with Gasteiger partial charge in [-0.15, -0.1) is 0 Å². The van der Waals surface area contributed by atoms with E-state index in [-0.39, 0.29) is 0 Å². The first-order valence-corrected chi connectivity index (χ1v) is 8.45. The van der Waals surface area contributed by atoms with E-state index in [1.165, 1.54) is 32.1 Å². The maximum atomic E-state index is 11.9. The highest BCUT2D eigenvalue weighted by atomic mass is 16.4. The van der Waals surface area contributed by atoms with Gasteiger partial charge in [-0.25, -0.2) is 0 Å². The Morgan fingerprint density at radius 3 is 2.76 bits per heavy atom. The van der Waals surface area contributed by atoms with Crippen molar-refractivity contribution in [1.29, 1.82) is 0 Å². The Morgan fingerprint density at radius 2 is 2.14 bits per heavy atom. The third-order valence-corrected chi connectivity index (χ3v) is 6.26. The number of carboxylic acid groups (broad SMARTS) is 1. The van der Waals surface area contributed by atoms with Crippen molar-refractivity contribution in [2.45, 2.75) is 63.8 Å². The summed E-state index contributed by atoms with van der Waals surface area (Å²) >= 11 is 0. The summed E-state index contributed by atoms with van der Waals surface area (Å²) < 4.78 is 2.09. The molecule has 4 rings (SSSR count). The summed E-state index contributed by atoms with van der Waals surface area (Å²) in [7, 11) is 0. The first-order chi connectivity index (χ1) is 10.2. The van der Waals surface area contributed by atoms with E-state index in [2.05, 4.69) is 16.9 Å². The Balaban J connectivity index is 1.55. The smallest absolute Gasteiger partial charge is 0.310 e. The molecule has 4 nitrogen and oxygen atoms in total. The van der Waals surface area contributed by atoms with Gasteiger partial charge in [0.25, 0.3) is 0 Å². The molecule has 1 aromatic heterocycles. The standard InChI is InChI=1S/C17H24N2O2/c20-16(21)17(10-12-5-6-13(17)9-12)11-14-7-8-19(18-14)15-3-1-2-4-15/h7-8,12-13,15H,1-6,9-11H2,(H,20,21). The lowest BCUT2D eigenvalue weighted by atomic mass is 9.70.